The van der Waals surface area contributed by atoms with Gasteiger partial charge in [-0.2, -0.15) is 13.2 Å². The maximum Gasteiger partial charge on any atom is 0.418 e. The second kappa shape index (κ2) is 8.57. The first-order chi connectivity index (χ1) is 14.1. The van der Waals surface area contributed by atoms with E-state index in [0.29, 0.717) is 38.8 Å². The predicted octanol–water partition coefficient (Wildman–Crippen LogP) is 5.75. The number of pyridine rings is 2. The Kier molecular flexibility index (Phi) is 6.27. The molecule has 156 valence electrons. The molecule has 0 amide bonds. The number of hydrogen-bond donors (Lipinski definition) is 0. The summed E-state index contributed by atoms with van der Waals surface area (Å²) in [5.74, 6) is 0.0466. The Balaban J connectivity index is 2.03. The molecule has 0 aliphatic carbocycles. The maximum atomic E-state index is 12.9. The molecule has 6 nitrogen and oxygen atoms in total. The standard InChI is InChI=1S/C19H13ClF3N3O3S/c1-2-30-17-6-10-5-12(20)3-4-13(10)25-18(17)16(27)8-14-15(26(28)29)7-11(9-24-14)19(21,22)23/h3-7,9H,2,8H2,1H3. The Bertz CT molecular complexity index is 1160. The lowest BCUT2D eigenvalue weighted by atomic mass is 10.1. The van der Waals surface area contributed by atoms with E-state index >= 15 is 0 Å². The van der Waals surface area contributed by atoms with Crippen molar-refractivity contribution in [2.45, 2.75) is 24.4 Å². The summed E-state index contributed by atoms with van der Waals surface area (Å²) in [7, 11) is 0. The maximum absolute atomic E-state index is 12.9. The van der Waals surface area contributed by atoms with Crippen molar-refractivity contribution in [1.82, 2.24) is 9.97 Å². The average molecular weight is 456 g/mol. The minimum Gasteiger partial charge on any atom is -0.292 e. The lowest BCUT2D eigenvalue weighted by molar-refractivity contribution is -0.386. The molecule has 0 radical (unpaired) electrons. The van der Waals surface area contributed by atoms with Crippen LogP contribution in [0, 0.1) is 10.1 Å². The lowest BCUT2D eigenvalue weighted by Crippen LogP contribution is -2.13. The van der Waals surface area contributed by atoms with Gasteiger partial charge in [0.2, 0.25) is 0 Å². The number of alkyl halides is 3. The van der Waals surface area contributed by atoms with E-state index < -0.39 is 34.6 Å². The van der Waals surface area contributed by atoms with E-state index in [4.69, 9.17) is 11.6 Å². The first kappa shape index (κ1) is 22.0. The van der Waals surface area contributed by atoms with Crippen molar-refractivity contribution >= 4 is 45.7 Å². The highest BCUT2D eigenvalue weighted by Crippen LogP contribution is 2.33. The fourth-order valence-electron chi connectivity index (χ4n) is 2.76. The summed E-state index contributed by atoms with van der Waals surface area (Å²) in [5.41, 5.74) is -1.90. The molecule has 11 heteroatoms. The molecule has 0 saturated heterocycles. The molecule has 0 atom stereocenters. The number of halogens is 4. The number of nitro groups is 1. The van der Waals surface area contributed by atoms with Crippen molar-refractivity contribution in [3.8, 4) is 0 Å². The van der Waals surface area contributed by atoms with Gasteiger partial charge in [0.1, 0.15) is 11.4 Å². The van der Waals surface area contributed by atoms with Crippen LogP contribution >= 0.6 is 23.4 Å². The zero-order valence-corrected chi connectivity index (χ0v) is 16.9. The van der Waals surface area contributed by atoms with Gasteiger partial charge in [-0.05, 0) is 30.0 Å². The highest BCUT2D eigenvalue weighted by molar-refractivity contribution is 7.99. The van der Waals surface area contributed by atoms with Crippen LogP contribution in [-0.2, 0) is 12.6 Å². The van der Waals surface area contributed by atoms with E-state index in [2.05, 4.69) is 9.97 Å². The Morgan fingerprint density at radius 2 is 2.00 bits per heavy atom. The van der Waals surface area contributed by atoms with E-state index in [1.165, 1.54) is 11.8 Å². The van der Waals surface area contributed by atoms with Gasteiger partial charge in [0.25, 0.3) is 5.69 Å². The van der Waals surface area contributed by atoms with Crippen LogP contribution in [0.4, 0.5) is 18.9 Å². The number of fused-ring (bicyclic) bond motifs is 1. The lowest BCUT2D eigenvalue weighted by Gasteiger charge is -2.10. The third-order valence-corrected chi connectivity index (χ3v) is 5.25. The van der Waals surface area contributed by atoms with Crippen LogP contribution in [0.2, 0.25) is 5.02 Å². The number of rotatable bonds is 6. The van der Waals surface area contributed by atoms with Crippen LogP contribution in [-0.4, -0.2) is 26.4 Å². The predicted molar refractivity (Wildman–Crippen MR) is 107 cm³/mol. The number of nitrogens with zero attached hydrogens (tertiary/aromatic N) is 3. The zero-order valence-electron chi connectivity index (χ0n) is 15.4. The van der Waals surface area contributed by atoms with Gasteiger partial charge in [0.15, 0.2) is 5.78 Å². The minimum atomic E-state index is -4.79. The minimum absolute atomic E-state index is 0.0765. The number of carbonyl (C=O) groups is 1. The van der Waals surface area contributed by atoms with E-state index in [0.717, 1.165) is 0 Å². The number of hydrogen-bond acceptors (Lipinski definition) is 6. The number of Topliss-reactive ketones (excluding diaryl/α,β-unsaturated/α-hetero) is 1. The van der Waals surface area contributed by atoms with Crippen LogP contribution in [0.5, 0.6) is 0 Å². The van der Waals surface area contributed by atoms with E-state index in [9.17, 15) is 28.1 Å². The summed E-state index contributed by atoms with van der Waals surface area (Å²) in [6.45, 7) is 1.88. The van der Waals surface area contributed by atoms with Gasteiger partial charge in [0.05, 0.1) is 22.4 Å². The number of carbonyl (C=O) groups excluding carboxylic acids is 1. The average Bonchev–Trinajstić information content (AvgIpc) is 2.66. The van der Waals surface area contributed by atoms with Crippen LogP contribution < -0.4 is 0 Å². The molecule has 0 saturated carbocycles. The van der Waals surface area contributed by atoms with Crippen molar-refractivity contribution < 1.29 is 22.9 Å². The molecule has 30 heavy (non-hydrogen) atoms. The highest BCUT2D eigenvalue weighted by atomic mass is 35.5. The molecule has 0 aliphatic heterocycles. The zero-order chi connectivity index (χ0) is 22.1. The quantitative estimate of drug-likeness (QED) is 0.204. The number of benzene rings is 1. The molecule has 3 aromatic rings. The molecule has 0 aliphatic rings. The molecular formula is C19H13ClF3N3O3S. The van der Waals surface area contributed by atoms with Gasteiger partial charge in [-0.1, -0.05) is 18.5 Å². The van der Waals surface area contributed by atoms with Crippen LogP contribution in [0.25, 0.3) is 10.9 Å². The van der Waals surface area contributed by atoms with Crippen LogP contribution in [0.1, 0.15) is 28.7 Å². The molecule has 2 aromatic heterocycles. The third-order valence-electron chi connectivity index (χ3n) is 4.11. The smallest absolute Gasteiger partial charge is 0.292 e. The van der Waals surface area contributed by atoms with Gasteiger partial charge in [-0.25, -0.2) is 4.98 Å². The molecule has 0 fully saturated rings. The molecule has 0 unspecified atom stereocenters. The largest absolute Gasteiger partial charge is 0.418 e. The molecule has 0 spiro atoms. The highest BCUT2D eigenvalue weighted by Gasteiger charge is 2.34. The van der Waals surface area contributed by atoms with Crippen LogP contribution in [0.3, 0.4) is 0 Å². The SMILES string of the molecule is CCSc1cc2cc(Cl)ccc2nc1C(=O)Cc1ncc(C(F)(F)F)cc1[N+](=O)[O-]. The third kappa shape index (κ3) is 4.71. The van der Waals surface area contributed by atoms with Gasteiger partial charge in [-0.15, -0.1) is 11.8 Å². The van der Waals surface area contributed by atoms with Gasteiger partial charge in [0, 0.05) is 27.6 Å². The normalized spacial score (nSPS) is 11.6. The summed E-state index contributed by atoms with van der Waals surface area (Å²) >= 11 is 7.34. The molecule has 1 aromatic carbocycles. The first-order valence-electron chi connectivity index (χ1n) is 8.57. The molecule has 3 rings (SSSR count). The number of aromatic nitrogens is 2. The van der Waals surface area contributed by atoms with Gasteiger partial charge in [-0.3, -0.25) is 19.9 Å². The summed E-state index contributed by atoms with van der Waals surface area (Å²) in [5, 5.41) is 12.5. The van der Waals surface area contributed by atoms with Gasteiger partial charge >= 0.3 is 6.18 Å². The first-order valence-corrected chi connectivity index (χ1v) is 9.93. The summed E-state index contributed by atoms with van der Waals surface area (Å²) in [4.78, 5) is 31.6. The summed E-state index contributed by atoms with van der Waals surface area (Å²) in [6.07, 6.45) is -4.86. The Morgan fingerprint density at radius 1 is 1.27 bits per heavy atom. The van der Waals surface area contributed by atoms with Crippen molar-refractivity contribution in [2.75, 3.05) is 5.75 Å². The number of thioether (sulfide) groups is 1. The monoisotopic (exact) mass is 455 g/mol. The summed E-state index contributed by atoms with van der Waals surface area (Å²) < 4.78 is 38.6. The molecule has 0 N–H and O–H groups in total. The Labute approximate surface area is 177 Å². The van der Waals surface area contributed by atoms with Crippen molar-refractivity contribution in [3.05, 3.63) is 68.6 Å². The van der Waals surface area contributed by atoms with Crippen molar-refractivity contribution in [1.29, 1.82) is 0 Å². The van der Waals surface area contributed by atoms with E-state index in [-0.39, 0.29) is 11.4 Å². The van der Waals surface area contributed by atoms with Crippen molar-refractivity contribution in [2.24, 2.45) is 0 Å². The second-order valence-corrected chi connectivity index (χ2v) is 7.89. The van der Waals surface area contributed by atoms with Gasteiger partial charge < -0.3 is 0 Å². The second-order valence-electron chi connectivity index (χ2n) is 6.15. The molecule has 0 bridgehead atoms. The molecular weight excluding hydrogens is 443 g/mol. The Morgan fingerprint density at radius 3 is 2.63 bits per heavy atom. The Hall–Kier alpha value is -2.72. The molecule has 2 heterocycles. The van der Waals surface area contributed by atoms with E-state index in [1.54, 1.807) is 24.3 Å². The summed E-state index contributed by atoms with van der Waals surface area (Å²) in [6, 6.07) is 7.06. The van der Waals surface area contributed by atoms with Crippen LogP contribution in [0.15, 0.2) is 41.4 Å². The fraction of sp³-hybridized carbons (Fsp3) is 0.211. The fourth-order valence-corrected chi connectivity index (χ4v) is 3.76. The van der Waals surface area contributed by atoms with E-state index in [1.807, 2.05) is 6.92 Å². The van der Waals surface area contributed by atoms with Crippen molar-refractivity contribution in [3.63, 3.8) is 0 Å². The topological polar surface area (TPSA) is 86.0 Å². The number of ketones is 1.